The number of anilines is 1. The van der Waals surface area contributed by atoms with Gasteiger partial charge in [0.05, 0.1) is 18.8 Å². The highest BCUT2D eigenvalue weighted by Crippen LogP contribution is 2.24. The van der Waals surface area contributed by atoms with Crippen molar-refractivity contribution in [1.29, 1.82) is 0 Å². The summed E-state index contributed by atoms with van der Waals surface area (Å²) >= 11 is 8.71. The number of carbonyl (C=O) groups excluding carboxylic acids is 1. The number of ether oxygens (including phenoxy) is 2. The Bertz CT molecular complexity index is 854. The van der Waals surface area contributed by atoms with Crippen molar-refractivity contribution in [3.63, 3.8) is 0 Å². The Kier molecular flexibility index (Phi) is 9.59. The predicted octanol–water partition coefficient (Wildman–Crippen LogP) is 6.04. The van der Waals surface area contributed by atoms with E-state index in [9.17, 15) is 4.79 Å². The van der Waals surface area contributed by atoms with Gasteiger partial charge in [-0.1, -0.05) is 43.6 Å². The number of hydrogen-bond acceptors (Lipinski definition) is 4. The molecule has 2 aromatic carbocycles. The largest absolute Gasteiger partial charge is 0.493 e. The van der Waals surface area contributed by atoms with Crippen LogP contribution in [-0.4, -0.2) is 24.2 Å². The average molecular weight is 493 g/mol. The highest BCUT2D eigenvalue weighted by atomic mass is 79.9. The second-order valence-electron chi connectivity index (χ2n) is 7.81. The van der Waals surface area contributed by atoms with E-state index < -0.39 is 0 Å². The van der Waals surface area contributed by atoms with E-state index in [2.05, 4.69) is 54.3 Å². The molecule has 2 rings (SSSR count). The summed E-state index contributed by atoms with van der Waals surface area (Å²) < 4.78 is 12.3. The van der Waals surface area contributed by atoms with Gasteiger partial charge in [0, 0.05) is 10.2 Å². The van der Waals surface area contributed by atoms with Crippen LogP contribution in [-0.2, 0) is 0 Å². The number of amides is 1. The lowest BCUT2D eigenvalue weighted by Gasteiger charge is -2.14. The molecule has 0 aliphatic carbocycles. The highest BCUT2D eigenvalue weighted by molar-refractivity contribution is 9.10. The molecule has 0 aliphatic rings. The molecule has 2 N–H and O–H groups in total. The van der Waals surface area contributed by atoms with Crippen LogP contribution in [0.5, 0.6) is 11.5 Å². The molecule has 2 aromatic rings. The molecule has 5 nitrogen and oxygen atoms in total. The average Bonchev–Trinajstić information content (AvgIpc) is 2.68. The van der Waals surface area contributed by atoms with E-state index in [-0.39, 0.29) is 11.0 Å². The molecule has 162 valence electrons. The Morgan fingerprint density at radius 2 is 1.73 bits per heavy atom. The van der Waals surface area contributed by atoms with E-state index in [1.165, 1.54) is 0 Å². The Morgan fingerprint density at radius 1 is 1.03 bits per heavy atom. The molecule has 7 heteroatoms. The molecule has 0 heterocycles. The maximum Gasteiger partial charge on any atom is 0.261 e. The first-order chi connectivity index (χ1) is 14.2. The molecule has 30 heavy (non-hydrogen) atoms. The Morgan fingerprint density at radius 3 is 2.37 bits per heavy atom. The van der Waals surface area contributed by atoms with Crippen LogP contribution in [0.15, 0.2) is 46.9 Å². The van der Waals surface area contributed by atoms with Crippen molar-refractivity contribution >= 4 is 44.9 Å². The number of rotatable bonds is 9. The summed E-state index contributed by atoms with van der Waals surface area (Å²) in [6.07, 6.45) is 0.911. The lowest BCUT2D eigenvalue weighted by molar-refractivity contribution is 0.0973. The fourth-order valence-corrected chi connectivity index (χ4v) is 3.01. The lowest BCUT2D eigenvalue weighted by Crippen LogP contribution is -2.34. The first kappa shape index (κ1) is 24.2. The summed E-state index contributed by atoms with van der Waals surface area (Å²) in [6, 6.07) is 12.8. The standard InChI is InChI=1S/C23H29BrN2O3S/c1-15(2)11-12-28-21-10-5-17(24)13-20(21)22(27)26-23(30)25-18-6-8-19(9-7-18)29-14-16(3)4/h5-10,13,15-16H,11-12,14H2,1-4H3,(H2,25,26,27,30). The number of nitrogens with one attached hydrogen (secondary N) is 2. The zero-order valence-corrected chi connectivity index (χ0v) is 20.2. The zero-order chi connectivity index (χ0) is 22.1. The zero-order valence-electron chi connectivity index (χ0n) is 17.8. The molecule has 0 aliphatic heterocycles. The molecule has 1 amide bonds. The highest BCUT2D eigenvalue weighted by Gasteiger charge is 2.15. The summed E-state index contributed by atoms with van der Waals surface area (Å²) in [5.41, 5.74) is 1.19. The minimum absolute atomic E-state index is 0.212. The summed E-state index contributed by atoms with van der Waals surface area (Å²) in [5.74, 6) is 1.98. The molecule has 0 radical (unpaired) electrons. The molecule has 0 saturated carbocycles. The van der Waals surface area contributed by atoms with Crippen LogP contribution in [0.2, 0.25) is 0 Å². The number of carbonyl (C=O) groups is 1. The van der Waals surface area contributed by atoms with Crippen molar-refractivity contribution in [1.82, 2.24) is 5.32 Å². The third-order valence-electron chi connectivity index (χ3n) is 4.06. The van der Waals surface area contributed by atoms with Crippen molar-refractivity contribution < 1.29 is 14.3 Å². The van der Waals surface area contributed by atoms with Gasteiger partial charge in [-0.05, 0) is 72.9 Å². The second kappa shape index (κ2) is 11.9. The topological polar surface area (TPSA) is 59.6 Å². The number of benzene rings is 2. The normalized spacial score (nSPS) is 10.8. The van der Waals surface area contributed by atoms with E-state index in [4.69, 9.17) is 21.7 Å². The van der Waals surface area contributed by atoms with Crippen LogP contribution in [0.4, 0.5) is 5.69 Å². The van der Waals surface area contributed by atoms with Crippen LogP contribution < -0.4 is 20.1 Å². The smallest absolute Gasteiger partial charge is 0.261 e. The van der Waals surface area contributed by atoms with Crippen LogP contribution >= 0.6 is 28.1 Å². The molecule has 0 saturated heterocycles. The maximum absolute atomic E-state index is 12.8. The van der Waals surface area contributed by atoms with Crippen LogP contribution in [0.25, 0.3) is 0 Å². The van der Waals surface area contributed by atoms with E-state index >= 15 is 0 Å². The van der Waals surface area contributed by atoms with E-state index in [0.717, 1.165) is 22.3 Å². The van der Waals surface area contributed by atoms with Gasteiger partial charge in [0.1, 0.15) is 11.5 Å². The minimum atomic E-state index is -0.328. The third-order valence-corrected chi connectivity index (χ3v) is 4.76. The predicted molar refractivity (Wildman–Crippen MR) is 130 cm³/mol. The Labute approximate surface area is 192 Å². The molecule has 0 aromatic heterocycles. The second-order valence-corrected chi connectivity index (χ2v) is 9.13. The van der Waals surface area contributed by atoms with Crippen molar-refractivity contribution in [3.05, 3.63) is 52.5 Å². The molecule has 0 fully saturated rings. The third kappa shape index (κ3) is 8.32. The lowest BCUT2D eigenvalue weighted by atomic mass is 10.1. The maximum atomic E-state index is 12.8. The summed E-state index contributed by atoms with van der Waals surface area (Å²) in [4.78, 5) is 12.8. The summed E-state index contributed by atoms with van der Waals surface area (Å²) in [7, 11) is 0. The molecule has 0 bridgehead atoms. The molecular weight excluding hydrogens is 464 g/mol. The van der Waals surface area contributed by atoms with Gasteiger partial charge < -0.3 is 14.8 Å². The van der Waals surface area contributed by atoms with Crippen molar-refractivity contribution in [2.75, 3.05) is 18.5 Å². The Hall–Kier alpha value is -2.12. The molecule has 0 unspecified atom stereocenters. The van der Waals surface area contributed by atoms with Crippen LogP contribution in [0.3, 0.4) is 0 Å². The first-order valence-corrected chi connectivity index (χ1v) is 11.2. The van der Waals surface area contributed by atoms with Crippen molar-refractivity contribution in [2.24, 2.45) is 11.8 Å². The SMILES string of the molecule is CC(C)CCOc1ccc(Br)cc1C(=O)NC(=S)Nc1ccc(OCC(C)C)cc1. The molecular formula is C23H29BrN2O3S. The fraction of sp³-hybridized carbons (Fsp3) is 0.391. The number of thiocarbonyl (C=S) groups is 1. The van der Waals surface area contributed by atoms with Gasteiger partial charge in [-0.3, -0.25) is 10.1 Å². The summed E-state index contributed by atoms with van der Waals surface area (Å²) in [6.45, 7) is 9.67. The fourth-order valence-electron chi connectivity index (χ4n) is 2.44. The minimum Gasteiger partial charge on any atom is -0.493 e. The van der Waals surface area contributed by atoms with Gasteiger partial charge in [-0.15, -0.1) is 0 Å². The van der Waals surface area contributed by atoms with Gasteiger partial charge in [0.25, 0.3) is 5.91 Å². The van der Waals surface area contributed by atoms with Crippen molar-refractivity contribution in [3.8, 4) is 11.5 Å². The van der Waals surface area contributed by atoms with Crippen LogP contribution in [0, 0.1) is 11.8 Å². The summed E-state index contributed by atoms with van der Waals surface area (Å²) in [5, 5.41) is 5.95. The van der Waals surface area contributed by atoms with Crippen LogP contribution in [0.1, 0.15) is 44.5 Å². The first-order valence-electron chi connectivity index (χ1n) is 10.0. The van der Waals surface area contributed by atoms with E-state index in [1.54, 1.807) is 12.1 Å². The monoisotopic (exact) mass is 492 g/mol. The van der Waals surface area contributed by atoms with Crippen molar-refractivity contribution in [2.45, 2.75) is 34.1 Å². The van der Waals surface area contributed by atoms with Gasteiger partial charge in [0.2, 0.25) is 0 Å². The number of halogens is 1. The van der Waals surface area contributed by atoms with Gasteiger partial charge in [-0.25, -0.2) is 0 Å². The van der Waals surface area contributed by atoms with Gasteiger partial charge in [-0.2, -0.15) is 0 Å². The van der Waals surface area contributed by atoms with Gasteiger partial charge >= 0.3 is 0 Å². The van der Waals surface area contributed by atoms with Gasteiger partial charge in [0.15, 0.2) is 5.11 Å². The van der Waals surface area contributed by atoms with E-state index in [1.807, 2.05) is 30.3 Å². The van der Waals surface area contributed by atoms with E-state index in [0.29, 0.717) is 36.4 Å². The molecule has 0 atom stereocenters. The molecule has 0 spiro atoms. The quantitative estimate of drug-likeness (QED) is 0.418. The Balaban J connectivity index is 1.96. The number of hydrogen-bond donors (Lipinski definition) is 2.